The minimum absolute atomic E-state index is 0.0324. The van der Waals surface area contributed by atoms with Gasteiger partial charge in [0, 0.05) is 5.69 Å². The summed E-state index contributed by atoms with van der Waals surface area (Å²) >= 11 is 23.3. The molecule has 0 heterocycles. The van der Waals surface area contributed by atoms with E-state index in [1.165, 1.54) is 18.2 Å². The zero-order valence-electron chi connectivity index (χ0n) is 9.75. The molecular formula is C13H7Cl4NO2. The minimum atomic E-state index is -0.463. The van der Waals surface area contributed by atoms with Gasteiger partial charge in [-0.1, -0.05) is 52.5 Å². The van der Waals surface area contributed by atoms with Crippen LogP contribution in [0.2, 0.25) is 20.1 Å². The highest BCUT2D eigenvalue weighted by Gasteiger charge is 2.14. The van der Waals surface area contributed by atoms with Gasteiger partial charge in [-0.3, -0.25) is 4.79 Å². The molecule has 2 rings (SSSR count). The number of carbonyl (C=O) groups is 1. The fourth-order valence-corrected chi connectivity index (χ4v) is 2.39. The average molecular weight is 351 g/mol. The van der Waals surface area contributed by atoms with Crippen molar-refractivity contribution >= 4 is 58.0 Å². The fraction of sp³-hybridized carbons (Fsp3) is 0. The van der Waals surface area contributed by atoms with Gasteiger partial charge in [0.1, 0.15) is 0 Å². The monoisotopic (exact) mass is 349 g/mol. The van der Waals surface area contributed by atoms with Crippen molar-refractivity contribution in [3.63, 3.8) is 0 Å². The summed E-state index contributed by atoms with van der Waals surface area (Å²) in [5.74, 6) is -0.706. The van der Waals surface area contributed by atoms with E-state index in [0.29, 0.717) is 5.69 Å². The predicted octanol–water partition coefficient (Wildman–Crippen LogP) is 5.26. The summed E-state index contributed by atoms with van der Waals surface area (Å²) in [7, 11) is 0. The zero-order valence-corrected chi connectivity index (χ0v) is 12.8. The molecule has 0 aromatic heterocycles. The van der Waals surface area contributed by atoms with Gasteiger partial charge in [-0.2, -0.15) is 0 Å². The molecule has 104 valence electrons. The lowest BCUT2D eigenvalue weighted by molar-refractivity contribution is 0.102. The molecule has 1 amide bonds. The van der Waals surface area contributed by atoms with Crippen LogP contribution in [0.3, 0.4) is 0 Å². The Morgan fingerprint density at radius 2 is 1.60 bits per heavy atom. The Kier molecular flexibility index (Phi) is 4.66. The number of halogens is 4. The molecule has 3 nitrogen and oxygen atoms in total. The fourth-order valence-electron chi connectivity index (χ4n) is 1.52. The molecule has 0 saturated carbocycles. The normalized spacial score (nSPS) is 10.4. The third-order valence-corrected chi connectivity index (χ3v) is 3.87. The van der Waals surface area contributed by atoms with E-state index in [0.717, 1.165) is 0 Å². The lowest BCUT2D eigenvalue weighted by Gasteiger charge is -2.09. The van der Waals surface area contributed by atoms with Gasteiger partial charge in [-0.05, 0) is 24.3 Å². The summed E-state index contributed by atoms with van der Waals surface area (Å²) in [4.78, 5) is 12.1. The van der Waals surface area contributed by atoms with Gasteiger partial charge in [0.25, 0.3) is 5.91 Å². The molecule has 20 heavy (non-hydrogen) atoms. The third kappa shape index (κ3) is 3.13. The number of phenolic OH excluding ortho intramolecular Hbond substituents is 1. The molecule has 2 aromatic carbocycles. The van der Waals surface area contributed by atoms with E-state index in [1.807, 2.05) is 0 Å². The molecule has 2 aromatic rings. The molecule has 0 aliphatic heterocycles. The van der Waals surface area contributed by atoms with Crippen molar-refractivity contribution in [3.05, 3.63) is 56.0 Å². The van der Waals surface area contributed by atoms with E-state index < -0.39 is 5.91 Å². The van der Waals surface area contributed by atoms with Crippen LogP contribution in [-0.4, -0.2) is 11.0 Å². The summed E-state index contributed by atoms with van der Waals surface area (Å²) in [5.41, 5.74) is 0.554. The molecule has 0 aliphatic rings. The van der Waals surface area contributed by atoms with Crippen LogP contribution >= 0.6 is 46.4 Å². The van der Waals surface area contributed by atoms with Crippen molar-refractivity contribution in [2.75, 3.05) is 5.32 Å². The van der Waals surface area contributed by atoms with Crippen molar-refractivity contribution in [3.8, 4) is 5.75 Å². The standard InChI is InChI=1S/C13H7Cl4NO2/c14-8-3-1-2-7(11(8)17)13(20)18-6-4-9(15)12(19)10(16)5-6/h1-5,19H,(H,18,20). The van der Waals surface area contributed by atoms with Crippen LogP contribution < -0.4 is 5.32 Å². The van der Waals surface area contributed by atoms with E-state index in [2.05, 4.69) is 5.32 Å². The summed E-state index contributed by atoms with van der Waals surface area (Å²) in [6, 6.07) is 7.47. The van der Waals surface area contributed by atoms with Crippen molar-refractivity contribution in [1.29, 1.82) is 0 Å². The van der Waals surface area contributed by atoms with Gasteiger partial charge >= 0.3 is 0 Å². The number of phenols is 1. The highest BCUT2D eigenvalue weighted by Crippen LogP contribution is 2.35. The molecular weight excluding hydrogens is 344 g/mol. The number of anilines is 1. The van der Waals surface area contributed by atoms with Gasteiger partial charge in [0.05, 0.1) is 25.7 Å². The second-order valence-corrected chi connectivity index (χ2v) is 5.44. The maximum Gasteiger partial charge on any atom is 0.257 e. The highest BCUT2D eigenvalue weighted by molar-refractivity contribution is 6.44. The Morgan fingerprint density at radius 3 is 2.20 bits per heavy atom. The van der Waals surface area contributed by atoms with Crippen LogP contribution in [0, 0.1) is 0 Å². The largest absolute Gasteiger partial charge is 0.505 e. The molecule has 0 fully saturated rings. The van der Waals surface area contributed by atoms with Gasteiger partial charge in [0.15, 0.2) is 5.75 Å². The number of hydrogen-bond donors (Lipinski definition) is 2. The average Bonchev–Trinajstić information content (AvgIpc) is 2.39. The van der Waals surface area contributed by atoms with Crippen LogP contribution in [0.4, 0.5) is 5.69 Å². The van der Waals surface area contributed by atoms with E-state index >= 15 is 0 Å². The lowest BCUT2D eigenvalue weighted by atomic mass is 10.2. The van der Waals surface area contributed by atoms with Crippen LogP contribution in [0.25, 0.3) is 0 Å². The third-order valence-electron chi connectivity index (χ3n) is 2.47. The van der Waals surface area contributed by atoms with E-state index in [-0.39, 0.29) is 31.4 Å². The Labute approximate surface area is 135 Å². The Hall–Kier alpha value is -1.13. The van der Waals surface area contributed by atoms with Crippen molar-refractivity contribution in [2.24, 2.45) is 0 Å². The highest BCUT2D eigenvalue weighted by atomic mass is 35.5. The smallest absolute Gasteiger partial charge is 0.257 e. The maximum absolute atomic E-state index is 12.1. The number of amides is 1. The first kappa shape index (κ1) is 15.3. The van der Waals surface area contributed by atoms with Crippen molar-refractivity contribution < 1.29 is 9.90 Å². The number of nitrogens with one attached hydrogen (secondary N) is 1. The van der Waals surface area contributed by atoms with Crippen LogP contribution in [0.15, 0.2) is 30.3 Å². The van der Waals surface area contributed by atoms with E-state index in [9.17, 15) is 9.90 Å². The van der Waals surface area contributed by atoms with Crippen LogP contribution in [-0.2, 0) is 0 Å². The van der Waals surface area contributed by atoms with Crippen LogP contribution in [0.5, 0.6) is 5.75 Å². The minimum Gasteiger partial charge on any atom is -0.505 e. The Bertz CT molecular complexity index is 665. The molecule has 0 spiro atoms. The maximum atomic E-state index is 12.1. The van der Waals surface area contributed by atoms with E-state index in [1.54, 1.807) is 12.1 Å². The van der Waals surface area contributed by atoms with E-state index in [4.69, 9.17) is 46.4 Å². The molecule has 0 atom stereocenters. The first-order chi connectivity index (χ1) is 9.40. The molecule has 7 heteroatoms. The SMILES string of the molecule is O=C(Nc1cc(Cl)c(O)c(Cl)c1)c1cccc(Cl)c1Cl. The van der Waals surface area contributed by atoms with Crippen LogP contribution in [0.1, 0.15) is 10.4 Å². The number of rotatable bonds is 2. The molecule has 0 bridgehead atoms. The Morgan fingerprint density at radius 1 is 1.00 bits per heavy atom. The molecule has 0 saturated heterocycles. The first-order valence-corrected chi connectivity index (χ1v) is 6.84. The summed E-state index contributed by atoms with van der Waals surface area (Å²) in [6.07, 6.45) is 0. The quantitative estimate of drug-likeness (QED) is 0.726. The predicted molar refractivity (Wildman–Crippen MR) is 82.5 cm³/mol. The zero-order chi connectivity index (χ0) is 14.9. The molecule has 2 N–H and O–H groups in total. The molecule has 0 aliphatic carbocycles. The van der Waals surface area contributed by atoms with Gasteiger partial charge in [-0.25, -0.2) is 0 Å². The molecule has 0 radical (unpaired) electrons. The second kappa shape index (κ2) is 6.10. The van der Waals surface area contributed by atoms with Crippen molar-refractivity contribution in [2.45, 2.75) is 0 Å². The number of hydrogen-bond acceptors (Lipinski definition) is 2. The number of carbonyl (C=O) groups excluding carboxylic acids is 1. The summed E-state index contributed by atoms with van der Waals surface area (Å²) in [5, 5.41) is 12.5. The molecule has 0 unspecified atom stereocenters. The summed E-state index contributed by atoms with van der Waals surface area (Å²) < 4.78 is 0. The Balaban J connectivity index is 2.30. The van der Waals surface area contributed by atoms with Crippen molar-refractivity contribution in [1.82, 2.24) is 0 Å². The topological polar surface area (TPSA) is 49.3 Å². The number of aromatic hydroxyl groups is 1. The number of benzene rings is 2. The summed E-state index contributed by atoms with van der Waals surface area (Å²) in [6.45, 7) is 0. The first-order valence-electron chi connectivity index (χ1n) is 5.33. The van der Waals surface area contributed by atoms with Gasteiger partial charge in [0.2, 0.25) is 0 Å². The van der Waals surface area contributed by atoms with Gasteiger partial charge < -0.3 is 10.4 Å². The second-order valence-electron chi connectivity index (χ2n) is 3.84. The lowest BCUT2D eigenvalue weighted by Crippen LogP contribution is -2.12. The van der Waals surface area contributed by atoms with Gasteiger partial charge in [-0.15, -0.1) is 0 Å².